The Labute approximate surface area is 196 Å². The van der Waals surface area contributed by atoms with Gasteiger partial charge < -0.3 is 9.46 Å². The predicted octanol–water partition coefficient (Wildman–Crippen LogP) is 5.90. The molecule has 0 bridgehead atoms. The Bertz CT molecular complexity index is 1300. The number of hydrogen-bond donors (Lipinski definition) is 0. The fourth-order valence-electron chi connectivity index (χ4n) is 5.63. The van der Waals surface area contributed by atoms with Gasteiger partial charge in [-0.3, -0.25) is 0 Å². The second kappa shape index (κ2) is 8.36. The molecule has 0 spiro atoms. The number of hydrogen-bond acceptors (Lipinski definition) is 2. The fourth-order valence-corrected chi connectivity index (χ4v) is 8.50. The van der Waals surface area contributed by atoms with Gasteiger partial charge in [0.1, 0.15) is 0 Å². The van der Waals surface area contributed by atoms with Gasteiger partial charge in [-0.05, 0) is 60.9 Å². The summed E-state index contributed by atoms with van der Waals surface area (Å²) in [6.07, 6.45) is 5.62. The standard InChI is InChI=1S/C30H28NOP/c32-33(25-13-3-1-4-14-25,26-15-5-2-6-16-26)29-20-19-23-11-7-9-17-27(23)30(29)31-22-21-24-12-8-10-18-28(24)31/h1-6,8,10,12-16,18-20H,7,9,11,17,21-22H2. The SMILES string of the molecule is O=P(c1ccccc1)(c1ccccc1)c1ccc2c(c1N1CCc3ccccc31)CCCC2. The van der Waals surface area contributed by atoms with Gasteiger partial charge in [0.05, 0.1) is 5.69 Å². The number of nitrogens with zero attached hydrogens (tertiary/aromatic N) is 1. The molecule has 0 N–H and O–H groups in total. The number of fused-ring (bicyclic) bond motifs is 2. The molecule has 0 aromatic heterocycles. The van der Waals surface area contributed by atoms with Crippen LogP contribution in [0.4, 0.5) is 11.4 Å². The molecule has 4 aromatic carbocycles. The minimum Gasteiger partial charge on any atom is -0.340 e. The minimum atomic E-state index is -3.07. The van der Waals surface area contributed by atoms with E-state index in [0.29, 0.717) is 0 Å². The van der Waals surface area contributed by atoms with Crippen LogP contribution >= 0.6 is 7.14 Å². The van der Waals surface area contributed by atoms with E-state index in [1.165, 1.54) is 40.9 Å². The van der Waals surface area contributed by atoms with E-state index in [9.17, 15) is 0 Å². The van der Waals surface area contributed by atoms with E-state index in [1.54, 1.807) is 0 Å². The number of rotatable bonds is 4. The third-order valence-electron chi connectivity index (χ3n) is 7.22. The fraction of sp³-hybridized carbons (Fsp3) is 0.200. The van der Waals surface area contributed by atoms with Crippen LogP contribution in [0.2, 0.25) is 0 Å². The van der Waals surface area contributed by atoms with E-state index in [4.69, 9.17) is 0 Å². The van der Waals surface area contributed by atoms with Crippen LogP contribution in [0.5, 0.6) is 0 Å². The number of para-hydroxylation sites is 1. The molecule has 0 amide bonds. The molecular weight excluding hydrogens is 421 g/mol. The second-order valence-electron chi connectivity index (χ2n) is 9.09. The largest absolute Gasteiger partial charge is 0.340 e. The molecule has 1 aliphatic heterocycles. The summed E-state index contributed by atoms with van der Waals surface area (Å²) >= 11 is 0. The van der Waals surface area contributed by atoms with Gasteiger partial charge in [-0.2, -0.15) is 0 Å². The molecule has 0 fully saturated rings. The Kier molecular flexibility index (Phi) is 5.19. The van der Waals surface area contributed by atoms with E-state index in [1.807, 2.05) is 60.7 Å². The first kappa shape index (κ1) is 20.5. The van der Waals surface area contributed by atoms with Crippen LogP contribution in [0, 0.1) is 0 Å². The van der Waals surface area contributed by atoms with Crippen molar-refractivity contribution >= 4 is 34.4 Å². The first-order valence-electron chi connectivity index (χ1n) is 12.0. The minimum absolute atomic E-state index is 0.903. The molecule has 0 atom stereocenters. The topological polar surface area (TPSA) is 20.3 Å². The molecule has 3 heteroatoms. The van der Waals surface area contributed by atoms with Gasteiger partial charge >= 0.3 is 0 Å². The molecule has 1 heterocycles. The van der Waals surface area contributed by atoms with Crippen molar-refractivity contribution in [2.75, 3.05) is 11.4 Å². The summed E-state index contributed by atoms with van der Waals surface area (Å²) in [7, 11) is -3.07. The Morgan fingerprint density at radius 1 is 0.606 bits per heavy atom. The lowest BCUT2D eigenvalue weighted by molar-refractivity contribution is 0.592. The molecule has 33 heavy (non-hydrogen) atoms. The third-order valence-corrected chi connectivity index (χ3v) is 10.3. The second-order valence-corrected chi connectivity index (χ2v) is 11.8. The van der Waals surface area contributed by atoms with Crippen molar-refractivity contribution in [3.63, 3.8) is 0 Å². The highest BCUT2D eigenvalue weighted by molar-refractivity contribution is 7.85. The summed E-state index contributed by atoms with van der Waals surface area (Å²) < 4.78 is 15.4. The molecular formula is C30H28NOP. The van der Waals surface area contributed by atoms with Gasteiger partial charge in [-0.1, -0.05) is 84.9 Å². The molecule has 0 unspecified atom stereocenters. The predicted molar refractivity (Wildman–Crippen MR) is 140 cm³/mol. The number of benzene rings is 4. The molecule has 4 aromatic rings. The zero-order valence-corrected chi connectivity index (χ0v) is 19.7. The number of aryl methyl sites for hydroxylation is 1. The third kappa shape index (κ3) is 3.36. The monoisotopic (exact) mass is 449 g/mol. The van der Waals surface area contributed by atoms with Gasteiger partial charge in [0.25, 0.3) is 0 Å². The molecule has 6 rings (SSSR count). The van der Waals surface area contributed by atoms with Crippen molar-refractivity contribution in [1.82, 2.24) is 0 Å². The lowest BCUT2D eigenvalue weighted by Gasteiger charge is -2.32. The van der Waals surface area contributed by atoms with E-state index in [-0.39, 0.29) is 0 Å². The zero-order chi connectivity index (χ0) is 22.3. The van der Waals surface area contributed by atoms with Crippen molar-refractivity contribution < 1.29 is 4.57 Å². The maximum Gasteiger partial charge on any atom is 0.173 e. The Hall–Kier alpha value is -3.09. The first-order chi connectivity index (χ1) is 16.3. The summed E-state index contributed by atoms with van der Waals surface area (Å²) in [5.41, 5.74) is 6.68. The molecule has 0 saturated heterocycles. The summed E-state index contributed by atoms with van der Waals surface area (Å²) in [6, 6.07) is 33.3. The van der Waals surface area contributed by atoms with Crippen molar-refractivity contribution in [2.45, 2.75) is 32.1 Å². The van der Waals surface area contributed by atoms with Crippen molar-refractivity contribution in [1.29, 1.82) is 0 Å². The van der Waals surface area contributed by atoms with Crippen LogP contribution in [0.3, 0.4) is 0 Å². The highest BCUT2D eigenvalue weighted by atomic mass is 31.2. The van der Waals surface area contributed by atoms with Gasteiger partial charge in [0, 0.05) is 28.1 Å². The summed E-state index contributed by atoms with van der Waals surface area (Å²) in [6.45, 7) is 0.937. The van der Waals surface area contributed by atoms with Gasteiger partial charge in [-0.15, -0.1) is 0 Å². The van der Waals surface area contributed by atoms with Crippen LogP contribution in [0.1, 0.15) is 29.5 Å². The van der Waals surface area contributed by atoms with Crippen molar-refractivity contribution in [3.05, 3.63) is 114 Å². The van der Waals surface area contributed by atoms with Crippen LogP contribution in [0.15, 0.2) is 97.1 Å². The highest BCUT2D eigenvalue weighted by Crippen LogP contribution is 2.49. The summed E-state index contributed by atoms with van der Waals surface area (Å²) in [5, 5.41) is 2.79. The van der Waals surface area contributed by atoms with Crippen molar-refractivity contribution in [2.24, 2.45) is 0 Å². The zero-order valence-electron chi connectivity index (χ0n) is 18.8. The average molecular weight is 450 g/mol. The van der Waals surface area contributed by atoms with E-state index < -0.39 is 7.14 Å². The van der Waals surface area contributed by atoms with Gasteiger partial charge in [0.2, 0.25) is 0 Å². The summed E-state index contributed by atoms with van der Waals surface area (Å²) in [5.74, 6) is 0. The molecule has 1 aliphatic carbocycles. The lowest BCUT2D eigenvalue weighted by Crippen LogP contribution is -2.31. The maximum atomic E-state index is 15.4. The first-order valence-corrected chi connectivity index (χ1v) is 13.7. The Balaban J connectivity index is 1.66. The maximum absolute atomic E-state index is 15.4. The molecule has 2 aliphatic rings. The smallest absolute Gasteiger partial charge is 0.173 e. The normalized spacial score (nSPS) is 15.2. The van der Waals surface area contributed by atoms with Crippen LogP contribution < -0.4 is 20.8 Å². The summed E-state index contributed by atoms with van der Waals surface area (Å²) in [4.78, 5) is 2.47. The van der Waals surface area contributed by atoms with Crippen LogP contribution in [0.25, 0.3) is 0 Å². The average Bonchev–Trinajstić information content (AvgIpc) is 3.32. The lowest BCUT2D eigenvalue weighted by atomic mass is 9.90. The van der Waals surface area contributed by atoms with E-state index >= 15 is 4.57 Å². The van der Waals surface area contributed by atoms with Crippen molar-refractivity contribution in [3.8, 4) is 0 Å². The number of anilines is 2. The molecule has 0 radical (unpaired) electrons. The van der Waals surface area contributed by atoms with Crippen LogP contribution in [-0.2, 0) is 23.8 Å². The highest BCUT2D eigenvalue weighted by Gasteiger charge is 2.37. The quantitative estimate of drug-likeness (QED) is 0.362. The Morgan fingerprint density at radius 2 is 1.24 bits per heavy atom. The van der Waals surface area contributed by atoms with Crippen LogP contribution in [-0.4, -0.2) is 6.54 Å². The Morgan fingerprint density at radius 3 is 1.97 bits per heavy atom. The van der Waals surface area contributed by atoms with E-state index in [2.05, 4.69) is 41.3 Å². The van der Waals surface area contributed by atoms with Gasteiger partial charge in [-0.25, -0.2) is 0 Å². The molecule has 2 nitrogen and oxygen atoms in total. The van der Waals surface area contributed by atoms with Gasteiger partial charge in [0.15, 0.2) is 7.14 Å². The van der Waals surface area contributed by atoms with E-state index in [0.717, 1.165) is 41.7 Å². The molecule has 164 valence electrons. The molecule has 0 saturated carbocycles.